The highest BCUT2D eigenvalue weighted by Gasteiger charge is 2.20. The van der Waals surface area contributed by atoms with E-state index in [-0.39, 0.29) is 0 Å². The minimum Gasteiger partial charge on any atom is -0.494 e. The first-order valence-electron chi connectivity index (χ1n) is 7.94. The predicted molar refractivity (Wildman–Crippen MR) is 84.1 cm³/mol. The number of ether oxygens (including phenoxy) is 2. The van der Waals surface area contributed by atoms with Gasteiger partial charge >= 0.3 is 0 Å². The maximum Gasteiger partial charge on any atom is 0.216 e. The van der Waals surface area contributed by atoms with Crippen molar-refractivity contribution in [3.05, 3.63) is 29.8 Å². The fourth-order valence-corrected chi connectivity index (χ4v) is 3.03. The molecule has 0 saturated carbocycles. The summed E-state index contributed by atoms with van der Waals surface area (Å²) in [6.07, 6.45) is 2.40. The van der Waals surface area contributed by atoms with E-state index in [1.807, 2.05) is 24.3 Å². The minimum atomic E-state index is 0.696. The number of piperidine rings is 1. The fourth-order valence-electron chi connectivity index (χ4n) is 3.03. The maximum atomic E-state index is 5.87. The first-order chi connectivity index (χ1) is 10.3. The second kappa shape index (κ2) is 6.94. The zero-order chi connectivity index (χ0) is 14.5. The third-order valence-electron chi connectivity index (χ3n) is 4.41. The van der Waals surface area contributed by atoms with Crippen LogP contribution in [0.25, 0.3) is 0 Å². The number of aliphatic imine (C=N–C) groups is 1. The lowest BCUT2D eigenvalue weighted by atomic mass is 9.86. The molecule has 0 spiro atoms. The van der Waals surface area contributed by atoms with Gasteiger partial charge in [0, 0.05) is 5.56 Å². The van der Waals surface area contributed by atoms with Gasteiger partial charge in [-0.25, -0.2) is 4.99 Å². The number of nitrogens with one attached hydrogen (secondary N) is 1. The van der Waals surface area contributed by atoms with Crippen molar-refractivity contribution < 1.29 is 9.47 Å². The monoisotopic (exact) mass is 288 g/mol. The molecular weight excluding hydrogens is 264 g/mol. The van der Waals surface area contributed by atoms with Crippen molar-refractivity contribution in [1.82, 2.24) is 5.32 Å². The Labute approximate surface area is 126 Å². The molecule has 1 N–H and O–H groups in total. The van der Waals surface area contributed by atoms with E-state index in [1.54, 1.807) is 0 Å². The van der Waals surface area contributed by atoms with E-state index in [2.05, 4.69) is 17.2 Å². The highest BCUT2D eigenvalue weighted by Crippen LogP contribution is 2.23. The van der Waals surface area contributed by atoms with Crippen LogP contribution in [-0.4, -0.2) is 38.7 Å². The molecule has 1 saturated heterocycles. The van der Waals surface area contributed by atoms with Crippen LogP contribution in [0.5, 0.6) is 5.75 Å². The number of hydrogen-bond acceptors (Lipinski definition) is 4. The average molecular weight is 288 g/mol. The standard InChI is InChI=1S/C17H24N2O2/c1-13-12-18-8-6-14(13)7-10-20-16-4-2-15(3-5-16)17-19-9-11-21-17/h2-5,13-14,18H,6-12H2,1H3/t13-,14-/m0/s1. The summed E-state index contributed by atoms with van der Waals surface area (Å²) in [6.45, 7) is 6.87. The van der Waals surface area contributed by atoms with E-state index in [1.165, 1.54) is 6.42 Å². The van der Waals surface area contributed by atoms with Gasteiger partial charge < -0.3 is 14.8 Å². The Bertz CT molecular complexity index is 484. The normalized spacial score (nSPS) is 25.3. The largest absolute Gasteiger partial charge is 0.494 e. The molecule has 0 radical (unpaired) electrons. The molecule has 0 aliphatic carbocycles. The first kappa shape index (κ1) is 14.4. The van der Waals surface area contributed by atoms with Crippen molar-refractivity contribution in [3.8, 4) is 5.75 Å². The average Bonchev–Trinajstić information content (AvgIpc) is 3.04. The van der Waals surface area contributed by atoms with Crippen LogP contribution in [-0.2, 0) is 4.74 Å². The van der Waals surface area contributed by atoms with E-state index >= 15 is 0 Å². The van der Waals surface area contributed by atoms with Crippen molar-refractivity contribution in [2.45, 2.75) is 19.8 Å². The molecule has 2 aliphatic heterocycles. The third kappa shape index (κ3) is 3.76. The van der Waals surface area contributed by atoms with E-state index in [9.17, 15) is 0 Å². The van der Waals surface area contributed by atoms with Crippen molar-refractivity contribution in [3.63, 3.8) is 0 Å². The molecular formula is C17H24N2O2. The van der Waals surface area contributed by atoms with Crippen LogP contribution < -0.4 is 10.1 Å². The van der Waals surface area contributed by atoms with Gasteiger partial charge in [0.2, 0.25) is 5.90 Å². The number of benzene rings is 1. The smallest absolute Gasteiger partial charge is 0.216 e. The second-order valence-corrected chi connectivity index (χ2v) is 5.93. The Morgan fingerprint density at radius 2 is 2.19 bits per heavy atom. The summed E-state index contributed by atoms with van der Waals surface area (Å²) in [5.74, 6) is 3.22. The highest BCUT2D eigenvalue weighted by atomic mass is 16.5. The van der Waals surface area contributed by atoms with Gasteiger partial charge in [0.15, 0.2) is 0 Å². The van der Waals surface area contributed by atoms with Gasteiger partial charge in [0.1, 0.15) is 12.4 Å². The number of rotatable bonds is 5. The van der Waals surface area contributed by atoms with Crippen LogP contribution in [0.3, 0.4) is 0 Å². The van der Waals surface area contributed by atoms with Gasteiger partial charge in [0.05, 0.1) is 13.2 Å². The van der Waals surface area contributed by atoms with E-state index in [0.29, 0.717) is 6.61 Å². The molecule has 2 aliphatic rings. The molecule has 1 aromatic rings. The van der Waals surface area contributed by atoms with Crippen LogP contribution in [0.2, 0.25) is 0 Å². The molecule has 2 atom stereocenters. The molecule has 0 bridgehead atoms. The Morgan fingerprint density at radius 1 is 1.33 bits per heavy atom. The lowest BCUT2D eigenvalue weighted by Crippen LogP contribution is -2.35. The quantitative estimate of drug-likeness (QED) is 0.905. The van der Waals surface area contributed by atoms with Crippen LogP contribution in [0.15, 0.2) is 29.3 Å². The Hall–Kier alpha value is -1.55. The number of nitrogens with zero attached hydrogens (tertiary/aromatic N) is 1. The van der Waals surface area contributed by atoms with Crippen molar-refractivity contribution in [2.75, 3.05) is 32.8 Å². The van der Waals surface area contributed by atoms with Crippen LogP contribution in [0.1, 0.15) is 25.3 Å². The third-order valence-corrected chi connectivity index (χ3v) is 4.41. The zero-order valence-electron chi connectivity index (χ0n) is 12.7. The van der Waals surface area contributed by atoms with Crippen molar-refractivity contribution in [2.24, 2.45) is 16.8 Å². The van der Waals surface area contributed by atoms with Gasteiger partial charge in [-0.1, -0.05) is 6.92 Å². The highest BCUT2D eigenvalue weighted by molar-refractivity contribution is 5.94. The zero-order valence-corrected chi connectivity index (χ0v) is 12.7. The molecule has 3 rings (SSSR count). The van der Waals surface area contributed by atoms with Crippen LogP contribution >= 0.6 is 0 Å². The van der Waals surface area contributed by atoms with Crippen molar-refractivity contribution in [1.29, 1.82) is 0 Å². The molecule has 4 nitrogen and oxygen atoms in total. The summed E-state index contributed by atoms with van der Waals surface area (Å²) in [7, 11) is 0. The van der Waals surface area contributed by atoms with Gasteiger partial charge in [-0.05, 0) is 62.0 Å². The first-order valence-corrected chi connectivity index (χ1v) is 7.94. The summed E-state index contributed by atoms with van der Waals surface area (Å²) >= 11 is 0. The minimum absolute atomic E-state index is 0.696. The van der Waals surface area contributed by atoms with Gasteiger partial charge in [0.25, 0.3) is 0 Å². The van der Waals surface area contributed by atoms with Crippen LogP contribution in [0, 0.1) is 11.8 Å². The molecule has 0 unspecified atom stereocenters. The van der Waals surface area contributed by atoms with Gasteiger partial charge in [-0.2, -0.15) is 0 Å². The Kier molecular flexibility index (Phi) is 4.76. The molecule has 0 amide bonds. The van der Waals surface area contributed by atoms with Gasteiger partial charge in [-0.15, -0.1) is 0 Å². The Balaban J connectivity index is 1.47. The lowest BCUT2D eigenvalue weighted by Gasteiger charge is -2.29. The molecule has 114 valence electrons. The summed E-state index contributed by atoms with van der Waals surface area (Å²) in [5.41, 5.74) is 1.03. The van der Waals surface area contributed by atoms with Gasteiger partial charge in [-0.3, -0.25) is 0 Å². The van der Waals surface area contributed by atoms with E-state index in [0.717, 1.165) is 61.7 Å². The molecule has 1 aromatic carbocycles. The predicted octanol–water partition coefficient (Wildman–Crippen LogP) is 2.48. The van der Waals surface area contributed by atoms with Crippen LogP contribution in [0.4, 0.5) is 0 Å². The fraction of sp³-hybridized carbons (Fsp3) is 0.588. The lowest BCUT2D eigenvalue weighted by molar-refractivity contribution is 0.207. The van der Waals surface area contributed by atoms with E-state index in [4.69, 9.17) is 9.47 Å². The van der Waals surface area contributed by atoms with E-state index < -0.39 is 0 Å². The molecule has 4 heteroatoms. The maximum absolute atomic E-state index is 5.87. The summed E-state index contributed by atoms with van der Waals surface area (Å²) in [6, 6.07) is 8.05. The molecule has 2 heterocycles. The summed E-state index contributed by atoms with van der Waals surface area (Å²) < 4.78 is 11.3. The topological polar surface area (TPSA) is 42.8 Å². The van der Waals surface area contributed by atoms with Crippen molar-refractivity contribution >= 4 is 5.90 Å². The molecule has 1 fully saturated rings. The SMILES string of the molecule is C[C@H]1CNCC[C@H]1CCOc1ccc(C2=NCCO2)cc1. The molecule has 21 heavy (non-hydrogen) atoms. The number of hydrogen-bond donors (Lipinski definition) is 1. The second-order valence-electron chi connectivity index (χ2n) is 5.93. The molecule has 0 aromatic heterocycles. The summed E-state index contributed by atoms with van der Waals surface area (Å²) in [4.78, 5) is 4.31. The summed E-state index contributed by atoms with van der Waals surface area (Å²) in [5, 5.41) is 3.44. The Morgan fingerprint density at radius 3 is 2.90 bits per heavy atom.